The number of nitro groups is 1. The summed E-state index contributed by atoms with van der Waals surface area (Å²) in [5.74, 6) is -0.522. The molecule has 1 heterocycles. The van der Waals surface area contributed by atoms with Crippen LogP contribution in [0.5, 0.6) is 0 Å². The second-order valence-corrected chi connectivity index (χ2v) is 2.53. The second-order valence-electron chi connectivity index (χ2n) is 2.53. The van der Waals surface area contributed by atoms with Crippen LogP contribution in [0.3, 0.4) is 0 Å². The number of aromatic amines is 1. The Hall–Kier alpha value is -1.65. The van der Waals surface area contributed by atoms with Gasteiger partial charge in [0, 0.05) is 0 Å². The molecule has 1 N–H and O–H groups in total. The summed E-state index contributed by atoms with van der Waals surface area (Å²) in [6.45, 7) is 2.97. The summed E-state index contributed by atoms with van der Waals surface area (Å²) in [5.41, 5.74) is 0.754. The van der Waals surface area contributed by atoms with Gasteiger partial charge in [0.1, 0.15) is 5.56 Å². The van der Waals surface area contributed by atoms with Crippen LogP contribution in [0.25, 0.3) is 0 Å². The minimum atomic E-state index is -0.594. The predicted molar refractivity (Wildman–Crippen MR) is 42.2 cm³/mol. The van der Waals surface area contributed by atoms with Gasteiger partial charge in [0.25, 0.3) is 0 Å². The molecule has 0 spiro atoms. The third-order valence-electron chi connectivity index (χ3n) is 1.49. The molecule has 1 rings (SSSR count). The molecule has 64 valence electrons. The Morgan fingerprint density at radius 1 is 1.67 bits per heavy atom. The number of aryl methyl sites for hydroxylation is 1. The molecule has 0 bridgehead atoms. The van der Waals surface area contributed by atoms with Gasteiger partial charge in [0.2, 0.25) is 0 Å². The van der Waals surface area contributed by atoms with E-state index in [1.54, 1.807) is 6.92 Å². The summed E-state index contributed by atoms with van der Waals surface area (Å²) in [6.07, 6.45) is 0. The van der Waals surface area contributed by atoms with Gasteiger partial charge in [-0.1, -0.05) is 0 Å². The Bertz CT molecular complexity index is 309. The first-order valence-electron chi connectivity index (χ1n) is 3.37. The summed E-state index contributed by atoms with van der Waals surface area (Å²) in [5, 5.41) is 10.4. The van der Waals surface area contributed by atoms with Crippen molar-refractivity contribution in [2.75, 3.05) is 0 Å². The topological polar surface area (TPSA) is 76.0 Å². The molecule has 1 aromatic heterocycles. The lowest BCUT2D eigenvalue weighted by Crippen LogP contribution is -1.97. The Balaban J connectivity index is 3.26. The van der Waals surface area contributed by atoms with Crippen LogP contribution in [-0.4, -0.2) is 15.7 Å². The number of Topliss-reactive ketones (excluding diaryl/α,β-unsaturated/α-hetero) is 1. The number of nitrogens with one attached hydrogen (secondary N) is 1. The number of carbonyl (C=O) groups is 1. The summed E-state index contributed by atoms with van der Waals surface area (Å²) in [4.78, 5) is 23.1. The van der Waals surface area contributed by atoms with E-state index in [0.717, 1.165) is 0 Å². The number of ketones is 1. The first-order valence-corrected chi connectivity index (χ1v) is 3.37. The van der Waals surface area contributed by atoms with Crippen molar-refractivity contribution < 1.29 is 9.72 Å². The van der Waals surface area contributed by atoms with Crippen molar-refractivity contribution >= 4 is 11.6 Å². The van der Waals surface area contributed by atoms with E-state index >= 15 is 0 Å². The van der Waals surface area contributed by atoms with Gasteiger partial charge < -0.3 is 10.1 Å². The molecule has 1 aromatic rings. The molecular weight excluding hydrogens is 160 g/mol. The van der Waals surface area contributed by atoms with Gasteiger partial charge in [0.05, 0.1) is 5.69 Å². The van der Waals surface area contributed by atoms with E-state index in [0.29, 0.717) is 5.69 Å². The number of aromatic nitrogens is 1. The summed E-state index contributed by atoms with van der Waals surface area (Å²) >= 11 is 0. The fourth-order valence-electron chi connectivity index (χ4n) is 0.987. The Morgan fingerprint density at radius 3 is 2.58 bits per heavy atom. The molecule has 5 heteroatoms. The maximum Gasteiger partial charge on any atom is 0.331 e. The molecule has 5 nitrogen and oxygen atoms in total. The number of hydrogen-bond donors (Lipinski definition) is 1. The maximum atomic E-state index is 10.9. The van der Waals surface area contributed by atoms with E-state index < -0.39 is 4.92 Å². The summed E-state index contributed by atoms with van der Waals surface area (Å²) in [7, 11) is 0. The average molecular weight is 168 g/mol. The van der Waals surface area contributed by atoms with E-state index in [1.807, 2.05) is 0 Å². The molecule has 0 aliphatic carbocycles. The highest BCUT2D eigenvalue weighted by Crippen LogP contribution is 2.18. The average Bonchev–Trinajstić information content (AvgIpc) is 2.31. The quantitative estimate of drug-likeness (QED) is 0.412. The normalized spacial score (nSPS) is 9.83. The van der Waals surface area contributed by atoms with E-state index in [1.165, 1.54) is 13.0 Å². The monoisotopic (exact) mass is 168 g/mol. The molecule has 12 heavy (non-hydrogen) atoms. The Kier molecular flexibility index (Phi) is 1.95. The van der Waals surface area contributed by atoms with Crippen molar-refractivity contribution in [2.45, 2.75) is 13.8 Å². The highest BCUT2D eigenvalue weighted by molar-refractivity contribution is 5.97. The van der Waals surface area contributed by atoms with Crippen LogP contribution < -0.4 is 0 Å². The van der Waals surface area contributed by atoms with Crippen molar-refractivity contribution in [3.8, 4) is 0 Å². The molecule has 0 aliphatic rings. The number of nitrogens with zero attached hydrogens (tertiary/aromatic N) is 1. The van der Waals surface area contributed by atoms with Crippen LogP contribution in [0.1, 0.15) is 23.0 Å². The van der Waals surface area contributed by atoms with Gasteiger partial charge in [-0.05, 0) is 24.8 Å². The van der Waals surface area contributed by atoms with Crippen molar-refractivity contribution in [1.82, 2.24) is 4.98 Å². The summed E-state index contributed by atoms with van der Waals surface area (Å²) in [6, 6.07) is 1.47. The van der Waals surface area contributed by atoms with Crippen molar-refractivity contribution in [3.63, 3.8) is 0 Å². The summed E-state index contributed by atoms with van der Waals surface area (Å²) < 4.78 is 0. The molecule has 0 aliphatic heterocycles. The molecular formula is C7H8N2O3. The highest BCUT2D eigenvalue weighted by atomic mass is 16.6. The first-order chi connectivity index (χ1) is 5.52. The maximum absolute atomic E-state index is 10.9. The molecule has 0 saturated carbocycles. The van der Waals surface area contributed by atoms with Gasteiger partial charge in [0.15, 0.2) is 5.78 Å². The minimum absolute atomic E-state index is 0.137. The molecule has 0 saturated heterocycles. The third kappa shape index (κ3) is 1.34. The first kappa shape index (κ1) is 8.45. The molecule has 0 aromatic carbocycles. The predicted octanol–water partition coefficient (Wildman–Crippen LogP) is 1.43. The lowest BCUT2D eigenvalue weighted by atomic mass is 10.2. The minimum Gasteiger partial charge on any atom is -0.358 e. The van der Waals surface area contributed by atoms with Gasteiger partial charge in [-0.2, -0.15) is 0 Å². The number of H-pyrrole nitrogens is 1. The molecule has 0 radical (unpaired) electrons. The zero-order valence-electron chi connectivity index (χ0n) is 6.75. The lowest BCUT2D eigenvalue weighted by molar-refractivity contribution is -0.389. The third-order valence-corrected chi connectivity index (χ3v) is 1.49. The molecule has 0 atom stereocenters. The van der Waals surface area contributed by atoms with Crippen LogP contribution >= 0.6 is 0 Å². The van der Waals surface area contributed by atoms with Gasteiger partial charge in [-0.25, -0.2) is 4.98 Å². The van der Waals surface area contributed by atoms with E-state index in [-0.39, 0.29) is 17.2 Å². The van der Waals surface area contributed by atoms with E-state index in [4.69, 9.17) is 0 Å². The van der Waals surface area contributed by atoms with Gasteiger partial charge in [-0.3, -0.25) is 4.79 Å². The molecule has 0 amide bonds. The number of rotatable bonds is 2. The van der Waals surface area contributed by atoms with E-state index in [9.17, 15) is 14.9 Å². The Labute approximate surface area is 68.5 Å². The van der Waals surface area contributed by atoms with Gasteiger partial charge in [-0.15, -0.1) is 0 Å². The van der Waals surface area contributed by atoms with Crippen LogP contribution in [0, 0.1) is 17.0 Å². The zero-order chi connectivity index (χ0) is 9.30. The smallest absolute Gasteiger partial charge is 0.331 e. The number of carbonyl (C=O) groups excluding carboxylic acids is 1. The van der Waals surface area contributed by atoms with Crippen molar-refractivity contribution in [2.24, 2.45) is 0 Å². The van der Waals surface area contributed by atoms with Crippen LogP contribution in [0.4, 0.5) is 5.82 Å². The fraction of sp³-hybridized carbons (Fsp3) is 0.286. The highest BCUT2D eigenvalue weighted by Gasteiger charge is 2.18. The van der Waals surface area contributed by atoms with Crippen LogP contribution in [-0.2, 0) is 0 Å². The van der Waals surface area contributed by atoms with Crippen molar-refractivity contribution in [1.29, 1.82) is 0 Å². The largest absolute Gasteiger partial charge is 0.358 e. The SMILES string of the molecule is CC(=O)c1cc(C)[nH]c1[N+](=O)[O-]. The molecule has 0 unspecified atom stereocenters. The molecule has 0 fully saturated rings. The van der Waals surface area contributed by atoms with Crippen LogP contribution in [0.15, 0.2) is 6.07 Å². The van der Waals surface area contributed by atoms with Gasteiger partial charge >= 0.3 is 5.82 Å². The number of hydrogen-bond acceptors (Lipinski definition) is 3. The Morgan fingerprint density at radius 2 is 2.25 bits per heavy atom. The second kappa shape index (κ2) is 2.77. The van der Waals surface area contributed by atoms with E-state index in [2.05, 4.69) is 4.98 Å². The van der Waals surface area contributed by atoms with Crippen LogP contribution in [0.2, 0.25) is 0 Å². The fourth-order valence-corrected chi connectivity index (χ4v) is 0.987. The standard InChI is InChI=1S/C7H8N2O3/c1-4-3-6(5(2)10)7(8-4)9(11)12/h3,8H,1-2H3. The van der Waals surface area contributed by atoms with Crippen molar-refractivity contribution in [3.05, 3.63) is 27.4 Å². The lowest BCUT2D eigenvalue weighted by Gasteiger charge is -1.91. The zero-order valence-corrected chi connectivity index (χ0v) is 6.75.